The summed E-state index contributed by atoms with van der Waals surface area (Å²) in [4.78, 5) is 29.1. The Morgan fingerprint density at radius 3 is 2.33 bits per heavy atom. The molecule has 27 heavy (non-hydrogen) atoms. The molecule has 0 saturated heterocycles. The summed E-state index contributed by atoms with van der Waals surface area (Å²) in [6.07, 6.45) is 2.23. The molecule has 1 heterocycles. The van der Waals surface area contributed by atoms with Crippen LogP contribution >= 0.6 is 11.6 Å². The zero-order valence-corrected chi connectivity index (χ0v) is 15.5. The molecule has 0 saturated carbocycles. The maximum atomic E-state index is 12.5. The normalized spacial score (nSPS) is 10.3. The van der Waals surface area contributed by atoms with E-state index >= 15 is 0 Å². The van der Waals surface area contributed by atoms with Crippen LogP contribution in [0.3, 0.4) is 0 Å². The number of aromatic nitrogens is 1. The number of aryl methyl sites for hydroxylation is 1. The number of hydrogen-bond donors (Lipinski definition) is 2. The monoisotopic (exact) mass is 379 g/mol. The SMILES string of the molecule is CCc1ccccc1NC(=O)c1cc(C(=O)Nc2ccccc2Cl)ccn1. The van der Waals surface area contributed by atoms with Gasteiger partial charge in [0.25, 0.3) is 11.8 Å². The number of amides is 2. The van der Waals surface area contributed by atoms with Crippen LogP contribution in [-0.4, -0.2) is 16.8 Å². The summed E-state index contributed by atoms with van der Waals surface area (Å²) in [5.41, 5.74) is 2.74. The second-order valence-corrected chi connectivity index (χ2v) is 6.24. The number of benzene rings is 2. The lowest BCUT2D eigenvalue weighted by Crippen LogP contribution is -2.17. The summed E-state index contributed by atoms with van der Waals surface area (Å²) < 4.78 is 0. The van der Waals surface area contributed by atoms with Gasteiger partial charge in [-0.05, 0) is 42.3 Å². The predicted octanol–water partition coefficient (Wildman–Crippen LogP) is 4.80. The Kier molecular flexibility index (Phi) is 5.84. The van der Waals surface area contributed by atoms with Gasteiger partial charge in [0.2, 0.25) is 0 Å². The van der Waals surface area contributed by atoms with Crippen LogP contribution in [0.25, 0.3) is 0 Å². The first-order valence-corrected chi connectivity index (χ1v) is 8.87. The van der Waals surface area contributed by atoms with Crippen molar-refractivity contribution >= 4 is 34.8 Å². The van der Waals surface area contributed by atoms with Crippen LogP contribution < -0.4 is 10.6 Å². The first kappa shape index (κ1) is 18.6. The third kappa shape index (κ3) is 4.51. The Labute approximate surface area is 162 Å². The van der Waals surface area contributed by atoms with Crippen molar-refractivity contribution in [3.8, 4) is 0 Å². The Balaban J connectivity index is 1.77. The Bertz CT molecular complexity index is 988. The van der Waals surface area contributed by atoms with Crippen LogP contribution in [0.1, 0.15) is 33.3 Å². The zero-order valence-electron chi connectivity index (χ0n) is 14.7. The van der Waals surface area contributed by atoms with Gasteiger partial charge in [0.1, 0.15) is 5.69 Å². The van der Waals surface area contributed by atoms with Gasteiger partial charge in [-0.2, -0.15) is 0 Å². The Hall–Kier alpha value is -3.18. The van der Waals surface area contributed by atoms with Crippen molar-refractivity contribution in [2.45, 2.75) is 13.3 Å². The molecular formula is C21H18ClN3O2. The second-order valence-electron chi connectivity index (χ2n) is 5.83. The van der Waals surface area contributed by atoms with Gasteiger partial charge in [-0.15, -0.1) is 0 Å². The van der Waals surface area contributed by atoms with E-state index < -0.39 is 0 Å². The van der Waals surface area contributed by atoms with Crippen LogP contribution in [0.5, 0.6) is 0 Å². The van der Waals surface area contributed by atoms with Gasteiger partial charge in [-0.3, -0.25) is 14.6 Å². The van der Waals surface area contributed by atoms with Crippen molar-refractivity contribution in [3.05, 3.63) is 88.7 Å². The lowest BCUT2D eigenvalue weighted by atomic mass is 10.1. The Morgan fingerprint density at radius 1 is 0.926 bits per heavy atom. The fourth-order valence-corrected chi connectivity index (χ4v) is 2.77. The smallest absolute Gasteiger partial charge is 0.274 e. The molecule has 2 aromatic carbocycles. The fourth-order valence-electron chi connectivity index (χ4n) is 2.59. The highest BCUT2D eigenvalue weighted by molar-refractivity contribution is 6.33. The molecule has 0 aliphatic heterocycles. The summed E-state index contributed by atoms with van der Waals surface area (Å²) in [6, 6.07) is 17.5. The average Bonchev–Trinajstić information content (AvgIpc) is 2.70. The number of rotatable bonds is 5. The molecule has 2 amide bonds. The van der Waals surface area contributed by atoms with E-state index in [1.165, 1.54) is 12.3 Å². The number of pyridine rings is 1. The van der Waals surface area contributed by atoms with Gasteiger partial charge < -0.3 is 10.6 Å². The maximum absolute atomic E-state index is 12.5. The van der Waals surface area contributed by atoms with Crippen molar-refractivity contribution in [1.82, 2.24) is 4.98 Å². The molecule has 0 aliphatic carbocycles. The third-order valence-electron chi connectivity index (χ3n) is 4.02. The van der Waals surface area contributed by atoms with E-state index in [-0.39, 0.29) is 17.5 Å². The van der Waals surface area contributed by atoms with Crippen LogP contribution in [0.4, 0.5) is 11.4 Å². The molecule has 2 N–H and O–H groups in total. The molecule has 6 heteroatoms. The molecule has 0 bridgehead atoms. The maximum Gasteiger partial charge on any atom is 0.274 e. The minimum atomic E-state index is -0.372. The highest BCUT2D eigenvalue weighted by Crippen LogP contribution is 2.21. The molecule has 136 valence electrons. The number of nitrogens with zero attached hydrogens (tertiary/aromatic N) is 1. The van der Waals surface area contributed by atoms with E-state index in [1.54, 1.807) is 30.3 Å². The van der Waals surface area contributed by atoms with Crippen LogP contribution in [0.15, 0.2) is 66.9 Å². The number of anilines is 2. The highest BCUT2D eigenvalue weighted by Gasteiger charge is 2.14. The van der Waals surface area contributed by atoms with Gasteiger partial charge in [0, 0.05) is 17.4 Å². The van der Waals surface area contributed by atoms with Crippen molar-refractivity contribution < 1.29 is 9.59 Å². The van der Waals surface area contributed by atoms with Gasteiger partial charge >= 0.3 is 0 Å². The van der Waals surface area contributed by atoms with E-state index in [2.05, 4.69) is 15.6 Å². The van der Waals surface area contributed by atoms with E-state index in [0.717, 1.165) is 17.7 Å². The van der Waals surface area contributed by atoms with Gasteiger partial charge in [0.15, 0.2) is 0 Å². The van der Waals surface area contributed by atoms with E-state index in [0.29, 0.717) is 16.3 Å². The van der Waals surface area contributed by atoms with Crippen LogP contribution in [0, 0.1) is 0 Å². The quantitative estimate of drug-likeness (QED) is 0.668. The summed E-state index contributed by atoms with van der Waals surface area (Å²) in [5.74, 6) is -0.739. The standard InChI is InChI=1S/C21H18ClN3O2/c1-2-14-7-3-5-9-17(14)24-21(27)19-13-15(11-12-23-19)20(26)25-18-10-6-4-8-16(18)22/h3-13H,2H2,1H3,(H,24,27)(H,25,26). The van der Waals surface area contributed by atoms with E-state index in [9.17, 15) is 9.59 Å². The summed E-state index contributed by atoms with van der Waals surface area (Å²) in [7, 11) is 0. The Morgan fingerprint density at radius 2 is 1.59 bits per heavy atom. The topological polar surface area (TPSA) is 71.1 Å². The first-order valence-electron chi connectivity index (χ1n) is 8.49. The number of hydrogen-bond acceptors (Lipinski definition) is 3. The molecule has 0 fully saturated rings. The van der Waals surface area contributed by atoms with Crippen LogP contribution in [-0.2, 0) is 6.42 Å². The molecule has 0 radical (unpaired) electrons. The van der Waals surface area contributed by atoms with Crippen molar-refractivity contribution in [2.75, 3.05) is 10.6 Å². The lowest BCUT2D eigenvalue weighted by Gasteiger charge is -2.10. The van der Waals surface area contributed by atoms with E-state index in [1.807, 2.05) is 31.2 Å². The second kappa shape index (κ2) is 8.47. The average molecular weight is 380 g/mol. The van der Waals surface area contributed by atoms with E-state index in [4.69, 9.17) is 11.6 Å². The van der Waals surface area contributed by atoms with Crippen molar-refractivity contribution in [3.63, 3.8) is 0 Å². The highest BCUT2D eigenvalue weighted by atomic mass is 35.5. The predicted molar refractivity (Wildman–Crippen MR) is 107 cm³/mol. The molecule has 0 aliphatic rings. The molecule has 5 nitrogen and oxygen atoms in total. The molecule has 1 aromatic heterocycles. The summed E-state index contributed by atoms with van der Waals surface area (Å²) in [5, 5.41) is 6.02. The number of carbonyl (C=O) groups excluding carboxylic acids is 2. The number of halogens is 1. The zero-order chi connectivity index (χ0) is 19.2. The number of para-hydroxylation sites is 2. The number of nitrogens with one attached hydrogen (secondary N) is 2. The molecule has 3 aromatic rings. The van der Waals surface area contributed by atoms with Gasteiger partial charge in [-0.1, -0.05) is 48.9 Å². The fraction of sp³-hybridized carbons (Fsp3) is 0.0952. The van der Waals surface area contributed by atoms with Crippen molar-refractivity contribution in [2.24, 2.45) is 0 Å². The summed E-state index contributed by atoms with van der Waals surface area (Å²) >= 11 is 6.07. The lowest BCUT2D eigenvalue weighted by molar-refractivity contribution is 0.102. The third-order valence-corrected chi connectivity index (χ3v) is 4.35. The largest absolute Gasteiger partial charge is 0.321 e. The van der Waals surface area contributed by atoms with Crippen LogP contribution in [0.2, 0.25) is 5.02 Å². The van der Waals surface area contributed by atoms with Gasteiger partial charge in [-0.25, -0.2) is 0 Å². The molecule has 0 atom stereocenters. The first-order chi connectivity index (χ1) is 13.1. The minimum Gasteiger partial charge on any atom is -0.321 e. The minimum absolute atomic E-state index is 0.160. The molecule has 0 unspecified atom stereocenters. The summed E-state index contributed by atoms with van der Waals surface area (Å²) in [6.45, 7) is 2.02. The van der Waals surface area contributed by atoms with Crippen molar-refractivity contribution in [1.29, 1.82) is 0 Å². The number of carbonyl (C=O) groups is 2. The molecule has 3 rings (SSSR count). The molecule has 0 spiro atoms. The molecular weight excluding hydrogens is 362 g/mol. The van der Waals surface area contributed by atoms with Gasteiger partial charge in [0.05, 0.1) is 10.7 Å².